The van der Waals surface area contributed by atoms with E-state index in [-0.39, 0.29) is 11.9 Å². The van der Waals surface area contributed by atoms with Crippen molar-refractivity contribution >= 4 is 5.91 Å². The normalized spacial score (nSPS) is 14.8. The van der Waals surface area contributed by atoms with Gasteiger partial charge in [-0.3, -0.25) is 9.69 Å². The molecule has 1 N–H and O–H groups in total. The first kappa shape index (κ1) is 20.4. The van der Waals surface area contributed by atoms with E-state index in [9.17, 15) is 4.79 Å². The van der Waals surface area contributed by atoms with Gasteiger partial charge in [0, 0.05) is 25.2 Å². The third-order valence-electron chi connectivity index (χ3n) is 6.08. The van der Waals surface area contributed by atoms with Gasteiger partial charge in [0.15, 0.2) is 0 Å². The fraction of sp³-hybridized carbons (Fsp3) is 0.296. The van der Waals surface area contributed by atoms with Crippen LogP contribution in [0, 0.1) is 13.8 Å². The molecule has 1 amide bonds. The molecule has 30 heavy (non-hydrogen) atoms. The second kappa shape index (κ2) is 8.85. The van der Waals surface area contributed by atoms with Gasteiger partial charge in [-0.2, -0.15) is 0 Å². The van der Waals surface area contributed by atoms with Crippen LogP contribution in [0.2, 0.25) is 0 Å². The lowest BCUT2D eigenvalue weighted by molar-refractivity contribution is 0.0940. The Balaban J connectivity index is 1.37. The van der Waals surface area contributed by atoms with Gasteiger partial charge < -0.3 is 5.32 Å². The molecule has 0 aliphatic carbocycles. The molecule has 154 valence electrons. The van der Waals surface area contributed by atoms with E-state index >= 15 is 0 Å². The van der Waals surface area contributed by atoms with E-state index in [1.807, 2.05) is 19.1 Å². The fourth-order valence-corrected chi connectivity index (χ4v) is 4.29. The maximum atomic E-state index is 12.7. The number of hydrogen-bond acceptors (Lipinski definition) is 2. The summed E-state index contributed by atoms with van der Waals surface area (Å²) in [5, 5.41) is 3.14. The highest BCUT2D eigenvalue weighted by molar-refractivity contribution is 5.94. The number of amides is 1. The first-order chi connectivity index (χ1) is 14.5. The van der Waals surface area contributed by atoms with Crippen molar-refractivity contribution in [3.05, 3.63) is 106 Å². The molecular formula is C27H30N2O. The van der Waals surface area contributed by atoms with Crippen LogP contribution < -0.4 is 5.32 Å². The number of hydrogen-bond donors (Lipinski definition) is 1. The topological polar surface area (TPSA) is 32.3 Å². The van der Waals surface area contributed by atoms with Crippen LogP contribution in [0.25, 0.3) is 0 Å². The first-order valence-electron chi connectivity index (χ1n) is 10.8. The molecule has 0 saturated heterocycles. The van der Waals surface area contributed by atoms with Crippen LogP contribution in [-0.2, 0) is 19.5 Å². The number of nitrogens with one attached hydrogen (secondary N) is 1. The number of rotatable bonds is 5. The van der Waals surface area contributed by atoms with E-state index in [4.69, 9.17) is 0 Å². The zero-order chi connectivity index (χ0) is 21.1. The van der Waals surface area contributed by atoms with Crippen molar-refractivity contribution in [1.82, 2.24) is 10.2 Å². The zero-order valence-electron chi connectivity index (χ0n) is 18.1. The van der Waals surface area contributed by atoms with Gasteiger partial charge in [-0.25, -0.2) is 0 Å². The standard InChI is InChI=1S/C27H30N2O/c1-19-8-9-20(2)26(16-19)21(3)28-27(30)24-12-10-22(11-13-24)17-29-15-14-23-6-4-5-7-25(23)18-29/h4-13,16,21H,14-15,17-18H2,1-3H3,(H,28,30)/t21-/m0/s1. The highest BCUT2D eigenvalue weighted by Crippen LogP contribution is 2.21. The van der Waals surface area contributed by atoms with Gasteiger partial charge in [0.1, 0.15) is 0 Å². The van der Waals surface area contributed by atoms with Crippen LogP contribution in [0.1, 0.15) is 56.7 Å². The van der Waals surface area contributed by atoms with Crippen molar-refractivity contribution in [1.29, 1.82) is 0 Å². The van der Waals surface area contributed by atoms with Gasteiger partial charge in [0.2, 0.25) is 0 Å². The van der Waals surface area contributed by atoms with Crippen LogP contribution in [-0.4, -0.2) is 17.4 Å². The molecule has 1 aliphatic rings. The monoisotopic (exact) mass is 398 g/mol. The van der Waals surface area contributed by atoms with Gasteiger partial charge in [-0.1, -0.05) is 60.2 Å². The molecule has 3 heteroatoms. The molecule has 0 unspecified atom stereocenters. The molecule has 3 nitrogen and oxygen atoms in total. The molecule has 0 radical (unpaired) electrons. The molecule has 1 heterocycles. The molecule has 3 aromatic rings. The molecule has 3 aromatic carbocycles. The Hall–Kier alpha value is -2.91. The summed E-state index contributed by atoms with van der Waals surface area (Å²) >= 11 is 0. The Labute approximate surface area is 179 Å². The van der Waals surface area contributed by atoms with Crippen LogP contribution in [0.5, 0.6) is 0 Å². The largest absolute Gasteiger partial charge is 0.346 e. The van der Waals surface area contributed by atoms with Crippen molar-refractivity contribution in [3.8, 4) is 0 Å². The molecule has 4 rings (SSSR count). The minimum Gasteiger partial charge on any atom is -0.346 e. The Morgan fingerprint density at radius 2 is 1.73 bits per heavy atom. The Bertz CT molecular complexity index is 1040. The summed E-state index contributed by atoms with van der Waals surface area (Å²) in [4.78, 5) is 15.2. The second-order valence-electron chi connectivity index (χ2n) is 8.48. The summed E-state index contributed by atoms with van der Waals surface area (Å²) in [7, 11) is 0. The van der Waals surface area contributed by atoms with Crippen LogP contribution in [0.3, 0.4) is 0 Å². The summed E-state index contributed by atoms with van der Waals surface area (Å²) in [6.07, 6.45) is 1.10. The lowest BCUT2D eigenvalue weighted by Crippen LogP contribution is -2.30. The molecule has 0 aromatic heterocycles. The van der Waals surface area contributed by atoms with Crippen LogP contribution >= 0.6 is 0 Å². The zero-order valence-corrected chi connectivity index (χ0v) is 18.1. The number of fused-ring (bicyclic) bond motifs is 1. The van der Waals surface area contributed by atoms with E-state index in [2.05, 4.69) is 78.7 Å². The summed E-state index contributed by atoms with van der Waals surface area (Å²) in [6, 6.07) is 23.1. The molecule has 0 fully saturated rings. The van der Waals surface area contributed by atoms with E-state index in [0.717, 1.165) is 26.1 Å². The Kier molecular flexibility index (Phi) is 6.01. The molecular weight excluding hydrogens is 368 g/mol. The lowest BCUT2D eigenvalue weighted by atomic mass is 9.99. The third kappa shape index (κ3) is 4.63. The highest BCUT2D eigenvalue weighted by atomic mass is 16.1. The third-order valence-corrected chi connectivity index (χ3v) is 6.08. The minimum absolute atomic E-state index is 0.0227. The van der Waals surface area contributed by atoms with Gasteiger partial charge in [0.25, 0.3) is 5.91 Å². The molecule has 1 aliphatic heterocycles. The summed E-state index contributed by atoms with van der Waals surface area (Å²) in [6.45, 7) is 9.19. The maximum Gasteiger partial charge on any atom is 0.251 e. The summed E-state index contributed by atoms with van der Waals surface area (Å²) in [5.41, 5.74) is 8.44. The SMILES string of the molecule is Cc1ccc(C)c([C@H](C)NC(=O)c2ccc(CN3CCc4ccccc4C3)cc2)c1. The first-order valence-corrected chi connectivity index (χ1v) is 10.8. The molecule has 1 atom stereocenters. The summed E-state index contributed by atoms with van der Waals surface area (Å²) < 4.78 is 0. The Morgan fingerprint density at radius 1 is 1.00 bits per heavy atom. The number of carbonyl (C=O) groups excluding carboxylic acids is 1. The van der Waals surface area contributed by atoms with Crippen LogP contribution in [0.4, 0.5) is 0 Å². The molecule has 0 spiro atoms. The van der Waals surface area contributed by atoms with Gasteiger partial charge in [-0.05, 0) is 67.1 Å². The van der Waals surface area contributed by atoms with Crippen molar-refractivity contribution in [2.45, 2.75) is 46.3 Å². The molecule has 0 saturated carbocycles. The van der Waals surface area contributed by atoms with Crippen molar-refractivity contribution in [3.63, 3.8) is 0 Å². The summed E-state index contributed by atoms with van der Waals surface area (Å²) in [5.74, 6) is -0.0261. The highest BCUT2D eigenvalue weighted by Gasteiger charge is 2.17. The van der Waals surface area contributed by atoms with Gasteiger partial charge >= 0.3 is 0 Å². The predicted octanol–water partition coefficient (Wildman–Crippen LogP) is 5.35. The Morgan fingerprint density at radius 3 is 2.50 bits per heavy atom. The fourth-order valence-electron chi connectivity index (χ4n) is 4.29. The number of carbonyl (C=O) groups is 1. The number of nitrogens with zero attached hydrogens (tertiary/aromatic N) is 1. The van der Waals surface area contributed by atoms with Gasteiger partial charge in [-0.15, -0.1) is 0 Å². The minimum atomic E-state index is -0.0261. The average molecular weight is 399 g/mol. The lowest BCUT2D eigenvalue weighted by Gasteiger charge is -2.28. The number of benzene rings is 3. The van der Waals surface area contributed by atoms with E-state index < -0.39 is 0 Å². The smallest absolute Gasteiger partial charge is 0.251 e. The quantitative estimate of drug-likeness (QED) is 0.628. The van der Waals surface area contributed by atoms with Crippen molar-refractivity contribution < 1.29 is 4.79 Å². The maximum absolute atomic E-state index is 12.7. The van der Waals surface area contributed by atoms with Crippen molar-refractivity contribution in [2.24, 2.45) is 0 Å². The van der Waals surface area contributed by atoms with E-state index in [0.29, 0.717) is 5.56 Å². The van der Waals surface area contributed by atoms with Gasteiger partial charge in [0.05, 0.1) is 6.04 Å². The van der Waals surface area contributed by atoms with E-state index in [1.54, 1.807) is 0 Å². The average Bonchev–Trinajstić information content (AvgIpc) is 2.75. The molecule has 0 bridgehead atoms. The van der Waals surface area contributed by atoms with Crippen molar-refractivity contribution in [2.75, 3.05) is 6.54 Å². The number of aryl methyl sites for hydroxylation is 2. The van der Waals surface area contributed by atoms with Crippen LogP contribution in [0.15, 0.2) is 66.7 Å². The second-order valence-corrected chi connectivity index (χ2v) is 8.48. The predicted molar refractivity (Wildman–Crippen MR) is 122 cm³/mol. The van der Waals surface area contributed by atoms with E-state index in [1.165, 1.54) is 33.4 Å².